The summed E-state index contributed by atoms with van der Waals surface area (Å²) in [6.45, 7) is 4.22. The number of nitrogens with one attached hydrogen (secondary N) is 1. The van der Waals surface area contributed by atoms with Crippen LogP contribution in [0.25, 0.3) is 0 Å². The molecule has 4 radical (unpaired) electrons. The summed E-state index contributed by atoms with van der Waals surface area (Å²) in [5, 5.41) is 23.2. The van der Waals surface area contributed by atoms with Gasteiger partial charge in [0.25, 0.3) is 11.8 Å². The normalized spacial score (nSPS) is 20.1. The lowest BCUT2D eigenvalue weighted by molar-refractivity contribution is -0.160. The van der Waals surface area contributed by atoms with E-state index in [9.17, 15) is 29.5 Å². The first-order valence-electron chi connectivity index (χ1n) is 18.4. The third-order valence-electron chi connectivity index (χ3n) is 11.3. The Morgan fingerprint density at radius 2 is 1.50 bits per heavy atom. The van der Waals surface area contributed by atoms with Crippen LogP contribution in [-0.4, -0.2) is 146 Å². The molecular weight excluding hydrogens is 662 g/mol. The average molecular weight is 710 g/mol. The van der Waals surface area contributed by atoms with Crippen molar-refractivity contribution in [3.63, 3.8) is 0 Å². The first kappa shape index (κ1) is 37.5. The number of ether oxygens (including phenoxy) is 1. The number of hydrogen-bond donors (Lipinski definition) is 3. The van der Waals surface area contributed by atoms with Gasteiger partial charge in [-0.15, -0.1) is 0 Å². The summed E-state index contributed by atoms with van der Waals surface area (Å²) < 4.78 is 5.99. The number of carbonyl (C=O) groups is 4. The van der Waals surface area contributed by atoms with E-state index in [4.69, 9.17) is 20.4 Å². The predicted octanol–water partition coefficient (Wildman–Crippen LogP) is 1.38. The van der Waals surface area contributed by atoms with Gasteiger partial charge in [0, 0.05) is 57.9 Å². The Hall–Kier alpha value is -4.23. The van der Waals surface area contributed by atoms with Crippen molar-refractivity contribution >= 4 is 56.2 Å². The molecule has 0 spiro atoms. The molecule has 274 valence electrons. The van der Waals surface area contributed by atoms with Crippen molar-refractivity contribution in [1.82, 2.24) is 24.7 Å². The number of carbonyl (C=O) groups excluding carboxylic acids is 4. The molecule has 6 rings (SSSR count). The van der Waals surface area contributed by atoms with Crippen LogP contribution >= 0.6 is 0 Å². The van der Waals surface area contributed by atoms with Gasteiger partial charge in [-0.3, -0.25) is 19.7 Å². The number of piperidine rings is 3. The number of benzene rings is 2. The molecule has 5 amide bonds. The van der Waals surface area contributed by atoms with Crippen LogP contribution in [0.4, 0.5) is 15.3 Å². The molecule has 4 aliphatic rings. The van der Waals surface area contributed by atoms with Gasteiger partial charge in [-0.1, -0.05) is 41.3 Å². The van der Waals surface area contributed by atoms with Gasteiger partial charge in [0.15, 0.2) is 6.10 Å². The monoisotopic (exact) mass is 710 g/mol. The molecule has 2 aromatic carbocycles. The number of amides is 5. The molecule has 0 aromatic heterocycles. The SMILES string of the molecule is [B]c1cc(C[C@@H](OC(=O)N2CCC(N3CCc4ccccc4NC3=O)CC2)C(=O)N2CCC(C3CCN(CC(=O)N(C)O)CC3)CC2)cc([B])c1O. The van der Waals surface area contributed by atoms with Gasteiger partial charge in [0.1, 0.15) is 21.4 Å². The summed E-state index contributed by atoms with van der Waals surface area (Å²) in [5.41, 5.74) is 2.65. The number of likely N-dealkylation sites (N-methyl/N-ethyl adjacent to an activating group) is 1. The molecule has 4 heterocycles. The third kappa shape index (κ3) is 8.86. The fourth-order valence-electron chi connectivity index (χ4n) is 8.22. The van der Waals surface area contributed by atoms with Crippen LogP contribution in [0.5, 0.6) is 5.75 Å². The van der Waals surface area contributed by atoms with Crippen molar-refractivity contribution in [1.29, 1.82) is 0 Å². The van der Waals surface area contributed by atoms with E-state index in [0.29, 0.717) is 68.0 Å². The van der Waals surface area contributed by atoms with E-state index in [2.05, 4.69) is 10.2 Å². The number of phenols is 1. The number of hydrogen-bond acceptors (Lipinski definition) is 8. The van der Waals surface area contributed by atoms with Crippen molar-refractivity contribution in [3.8, 4) is 5.75 Å². The second kappa shape index (κ2) is 16.6. The molecule has 1 atom stereocenters. The van der Waals surface area contributed by atoms with Crippen molar-refractivity contribution in [2.75, 3.05) is 64.7 Å². The maximum absolute atomic E-state index is 14.1. The highest BCUT2D eigenvalue weighted by Gasteiger charge is 2.37. The topological polar surface area (TPSA) is 146 Å². The van der Waals surface area contributed by atoms with Crippen LogP contribution in [0, 0.1) is 11.8 Å². The highest BCUT2D eigenvalue weighted by atomic mass is 16.6. The van der Waals surface area contributed by atoms with Gasteiger partial charge < -0.3 is 29.9 Å². The second-order valence-corrected chi connectivity index (χ2v) is 14.6. The largest absolute Gasteiger partial charge is 0.509 e. The number of rotatable bonds is 8. The number of likely N-dealkylation sites (tertiary alicyclic amines) is 3. The highest BCUT2D eigenvalue weighted by Crippen LogP contribution is 2.33. The van der Waals surface area contributed by atoms with Gasteiger partial charge in [0.05, 0.1) is 6.54 Å². The van der Waals surface area contributed by atoms with E-state index in [0.717, 1.165) is 56.4 Å². The lowest BCUT2D eigenvalue weighted by atomic mass is 9.78. The standard InChI is InChI=1S/C37H48B2N6O7/c1-41(51)33(46)23-42-13-6-25(7-14-42)26-8-15-43(16-9-26)35(48)32(22-24-20-29(38)34(47)30(39)21-24)52-37(50)44-17-11-28(12-18-44)45-19-10-27-4-2-3-5-31(27)40-36(45)49/h2-5,20-21,25-26,28,32,47,51H,6-19,22-23H2,1H3,(H,40,49)/t32-/m1/s1. The molecule has 0 aliphatic carbocycles. The number of phenolic OH excluding ortho intramolecular Hbond substituents is 1. The molecule has 0 bridgehead atoms. The van der Waals surface area contributed by atoms with Crippen LogP contribution in [0.15, 0.2) is 36.4 Å². The van der Waals surface area contributed by atoms with Gasteiger partial charge in [-0.2, -0.15) is 0 Å². The zero-order valence-corrected chi connectivity index (χ0v) is 29.9. The Balaban J connectivity index is 1.05. The summed E-state index contributed by atoms with van der Waals surface area (Å²) in [5.74, 6) is 0.103. The summed E-state index contributed by atoms with van der Waals surface area (Å²) in [6, 6.07) is 10.7. The molecule has 2 aromatic rings. The molecule has 4 aliphatic heterocycles. The van der Waals surface area contributed by atoms with Crippen LogP contribution in [0.3, 0.4) is 0 Å². The van der Waals surface area contributed by atoms with E-state index in [-0.39, 0.29) is 53.5 Å². The van der Waals surface area contributed by atoms with Crippen LogP contribution in [0.2, 0.25) is 0 Å². The van der Waals surface area contributed by atoms with Crippen molar-refractivity contribution in [2.24, 2.45) is 11.8 Å². The summed E-state index contributed by atoms with van der Waals surface area (Å²) in [7, 11) is 13.3. The lowest BCUT2D eigenvalue weighted by Crippen LogP contribution is -2.52. The number of nitrogens with zero attached hydrogens (tertiary/aromatic N) is 5. The molecule has 0 saturated carbocycles. The van der Waals surface area contributed by atoms with E-state index in [1.807, 2.05) is 29.2 Å². The van der Waals surface area contributed by atoms with E-state index >= 15 is 0 Å². The fraction of sp³-hybridized carbons (Fsp3) is 0.568. The lowest BCUT2D eigenvalue weighted by Gasteiger charge is -2.41. The minimum Gasteiger partial charge on any atom is -0.509 e. The van der Waals surface area contributed by atoms with Crippen molar-refractivity contribution in [3.05, 3.63) is 47.5 Å². The quantitative estimate of drug-likeness (QED) is 0.212. The van der Waals surface area contributed by atoms with Crippen molar-refractivity contribution in [2.45, 2.75) is 63.5 Å². The van der Waals surface area contributed by atoms with Gasteiger partial charge in [-0.25, -0.2) is 14.7 Å². The summed E-state index contributed by atoms with van der Waals surface area (Å²) >= 11 is 0. The molecule has 3 fully saturated rings. The number of urea groups is 1. The average Bonchev–Trinajstić information content (AvgIpc) is 3.31. The maximum atomic E-state index is 14.1. The number of anilines is 1. The second-order valence-electron chi connectivity index (χ2n) is 14.6. The van der Waals surface area contributed by atoms with Gasteiger partial charge in [0.2, 0.25) is 0 Å². The number of aromatic hydroxyl groups is 1. The Bertz CT molecular complexity index is 1600. The molecule has 3 saturated heterocycles. The number of fused-ring (bicyclic) bond motifs is 1. The molecule has 3 N–H and O–H groups in total. The van der Waals surface area contributed by atoms with Gasteiger partial charge >= 0.3 is 12.1 Å². The van der Waals surface area contributed by atoms with Crippen molar-refractivity contribution < 1.29 is 34.2 Å². The zero-order chi connectivity index (χ0) is 36.9. The Morgan fingerprint density at radius 1 is 0.904 bits per heavy atom. The van der Waals surface area contributed by atoms with E-state index in [1.165, 1.54) is 7.05 Å². The minimum absolute atomic E-state index is 0.0305. The van der Waals surface area contributed by atoms with Crippen LogP contribution in [-0.2, 0) is 27.2 Å². The van der Waals surface area contributed by atoms with E-state index in [1.54, 1.807) is 21.9 Å². The molecule has 15 heteroatoms. The first-order chi connectivity index (χ1) is 25.0. The van der Waals surface area contributed by atoms with Crippen LogP contribution < -0.4 is 16.2 Å². The molecule has 0 unspecified atom stereocenters. The predicted molar refractivity (Wildman–Crippen MR) is 196 cm³/mol. The zero-order valence-electron chi connectivity index (χ0n) is 29.9. The summed E-state index contributed by atoms with van der Waals surface area (Å²) in [4.78, 5) is 60.0. The van der Waals surface area contributed by atoms with Gasteiger partial charge in [-0.05, 0) is 87.1 Å². The fourth-order valence-corrected chi connectivity index (χ4v) is 8.22. The summed E-state index contributed by atoms with van der Waals surface area (Å²) in [6.07, 6.45) is 3.83. The first-order valence-corrected chi connectivity index (χ1v) is 18.4. The van der Waals surface area contributed by atoms with Crippen LogP contribution in [0.1, 0.15) is 49.7 Å². The highest BCUT2D eigenvalue weighted by molar-refractivity contribution is 6.41. The Kier molecular flexibility index (Phi) is 12.0. The maximum Gasteiger partial charge on any atom is 0.410 e. The molecule has 52 heavy (non-hydrogen) atoms. The molecular formula is C37H48B2N6O7. The minimum atomic E-state index is -1.12. The third-order valence-corrected chi connectivity index (χ3v) is 11.3. The smallest absolute Gasteiger partial charge is 0.410 e. The van der Waals surface area contributed by atoms with E-state index < -0.39 is 12.2 Å². The molecule has 13 nitrogen and oxygen atoms in total. The Labute approximate surface area is 308 Å². The number of para-hydroxylation sites is 1. The number of hydroxylamine groups is 2. The Morgan fingerprint density at radius 3 is 2.13 bits per heavy atom.